The Bertz CT molecular complexity index is 458. The smallest absolute Gasteiger partial charge is 0.160 e. The van der Waals surface area contributed by atoms with E-state index in [1.807, 2.05) is 0 Å². The van der Waals surface area contributed by atoms with Crippen LogP contribution in [0.25, 0.3) is 0 Å². The molecule has 118 valence electrons. The molecule has 21 heavy (non-hydrogen) atoms. The average molecular weight is 291 g/mol. The van der Waals surface area contributed by atoms with Gasteiger partial charge < -0.3 is 10.1 Å². The summed E-state index contributed by atoms with van der Waals surface area (Å²) in [5, 5.41) is 3.48. The Morgan fingerprint density at radius 1 is 1.29 bits per heavy atom. The van der Waals surface area contributed by atoms with Crippen LogP contribution in [-0.4, -0.2) is 29.7 Å². The van der Waals surface area contributed by atoms with E-state index in [0.717, 1.165) is 56.2 Å². The van der Waals surface area contributed by atoms with Crippen LogP contribution >= 0.6 is 0 Å². The first-order valence-electron chi connectivity index (χ1n) is 8.18. The molecule has 4 heteroatoms. The Morgan fingerprint density at radius 2 is 1.95 bits per heavy atom. The molecule has 1 fully saturated rings. The molecule has 0 aliphatic carbocycles. The fraction of sp³-hybridized carbons (Fsp3) is 0.765. The van der Waals surface area contributed by atoms with Crippen LogP contribution in [0.5, 0.6) is 0 Å². The van der Waals surface area contributed by atoms with Gasteiger partial charge in [-0.25, -0.2) is 9.97 Å². The summed E-state index contributed by atoms with van der Waals surface area (Å²) >= 11 is 0. The molecular weight excluding hydrogens is 262 g/mol. The molecule has 1 aliphatic heterocycles. The first-order valence-corrected chi connectivity index (χ1v) is 8.18. The third-order valence-corrected chi connectivity index (χ3v) is 4.39. The van der Waals surface area contributed by atoms with Crippen molar-refractivity contribution in [3.05, 3.63) is 22.8 Å². The van der Waals surface area contributed by atoms with Gasteiger partial charge in [0.15, 0.2) is 5.82 Å². The zero-order valence-corrected chi connectivity index (χ0v) is 14.1. The number of nitrogens with zero attached hydrogens (tertiary/aromatic N) is 2. The predicted octanol–water partition coefficient (Wildman–Crippen LogP) is 3.22. The number of hydrogen-bond donors (Lipinski definition) is 1. The van der Waals surface area contributed by atoms with Gasteiger partial charge in [-0.05, 0) is 58.1 Å². The van der Waals surface area contributed by atoms with Crippen molar-refractivity contribution in [3.63, 3.8) is 0 Å². The molecule has 1 aromatic rings. The van der Waals surface area contributed by atoms with Crippen molar-refractivity contribution in [1.29, 1.82) is 0 Å². The molecule has 0 radical (unpaired) electrons. The van der Waals surface area contributed by atoms with Crippen molar-refractivity contribution in [1.82, 2.24) is 15.3 Å². The number of aromatic nitrogens is 2. The average Bonchev–Trinajstić information content (AvgIpc) is 2.86. The fourth-order valence-corrected chi connectivity index (χ4v) is 3.23. The van der Waals surface area contributed by atoms with E-state index < -0.39 is 0 Å². The molecule has 2 heterocycles. The minimum Gasteiger partial charge on any atom is -0.367 e. The molecule has 0 saturated carbocycles. The lowest BCUT2D eigenvalue weighted by Gasteiger charge is -2.24. The molecule has 1 N–H and O–H groups in total. The van der Waals surface area contributed by atoms with Crippen molar-refractivity contribution < 1.29 is 4.74 Å². The van der Waals surface area contributed by atoms with Crippen molar-refractivity contribution in [2.45, 2.75) is 65.4 Å². The largest absolute Gasteiger partial charge is 0.367 e. The van der Waals surface area contributed by atoms with E-state index in [9.17, 15) is 0 Å². The van der Waals surface area contributed by atoms with Gasteiger partial charge in [0.1, 0.15) is 5.60 Å². The monoisotopic (exact) mass is 291 g/mol. The maximum Gasteiger partial charge on any atom is 0.160 e. The Kier molecular flexibility index (Phi) is 5.33. The summed E-state index contributed by atoms with van der Waals surface area (Å²) in [6.07, 6.45) is 3.27. The SMILES string of the molecule is CCCNCC(C)c1c(C)nc(C2(C)CCCO2)nc1C. The van der Waals surface area contributed by atoms with Gasteiger partial charge >= 0.3 is 0 Å². The van der Waals surface area contributed by atoms with Gasteiger partial charge in [0, 0.05) is 24.5 Å². The molecule has 2 atom stereocenters. The van der Waals surface area contributed by atoms with Gasteiger partial charge in [-0.1, -0.05) is 13.8 Å². The van der Waals surface area contributed by atoms with Crippen molar-refractivity contribution >= 4 is 0 Å². The normalized spacial score (nSPS) is 23.5. The maximum absolute atomic E-state index is 5.88. The van der Waals surface area contributed by atoms with Gasteiger partial charge in [-0.3, -0.25) is 0 Å². The first-order chi connectivity index (χ1) is 9.98. The van der Waals surface area contributed by atoms with Crippen LogP contribution in [0, 0.1) is 13.8 Å². The highest BCUT2D eigenvalue weighted by atomic mass is 16.5. The summed E-state index contributed by atoms with van der Waals surface area (Å²) in [6, 6.07) is 0. The summed E-state index contributed by atoms with van der Waals surface area (Å²) in [4.78, 5) is 9.55. The zero-order valence-electron chi connectivity index (χ0n) is 14.1. The number of nitrogens with one attached hydrogen (secondary N) is 1. The third-order valence-electron chi connectivity index (χ3n) is 4.39. The maximum atomic E-state index is 5.88. The molecule has 2 rings (SSSR count). The van der Waals surface area contributed by atoms with E-state index in [4.69, 9.17) is 14.7 Å². The molecule has 1 aliphatic rings. The van der Waals surface area contributed by atoms with Gasteiger partial charge in [0.05, 0.1) is 0 Å². The van der Waals surface area contributed by atoms with E-state index in [2.05, 4.69) is 39.9 Å². The van der Waals surface area contributed by atoms with Gasteiger partial charge in [0.25, 0.3) is 0 Å². The van der Waals surface area contributed by atoms with Crippen molar-refractivity contribution in [3.8, 4) is 0 Å². The third kappa shape index (κ3) is 3.61. The number of ether oxygens (including phenoxy) is 1. The van der Waals surface area contributed by atoms with Crippen LogP contribution in [0.1, 0.15) is 68.7 Å². The Hall–Kier alpha value is -1.00. The van der Waals surface area contributed by atoms with Crippen LogP contribution in [-0.2, 0) is 10.3 Å². The highest BCUT2D eigenvalue weighted by Crippen LogP contribution is 2.34. The second-order valence-corrected chi connectivity index (χ2v) is 6.42. The van der Waals surface area contributed by atoms with Crippen LogP contribution in [0.15, 0.2) is 0 Å². The highest BCUT2D eigenvalue weighted by molar-refractivity contribution is 5.29. The molecule has 0 amide bonds. The minimum absolute atomic E-state index is 0.294. The lowest BCUT2D eigenvalue weighted by Crippen LogP contribution is -2.26. The highest BCUT2D eigenvalue weighted by Gasteiger charge is 2.35. The standard InChI is InChI=1S/C17H29N3O/c1-6-9-18-11-12(2)15-13(3)19-16(20-14(15)4)17(5)8-7-10-21-17/h12,18H,6-11H2,1-5H3. The van der Waals surface area contributed by atoms with Crippen molar-refractivity contribution in [2.24, 2.45) is 0 Å². The van der Waals surface area contributed by atoms with Crippen LogP contribution in [0.3, 0.4) is 0 Å². The van der Waals surface area contributed by atoms with Crippen LogP contribution in [0.4, 0.5) is 0 Å². The van der Waals surface area contributed by atoms with Crippen molar-refractivity contribution in [2.75, 3.05) is 19.7 Å². The summed E-state index contributed by atoms with van der Waals surface area (Å²) < 4.78 is 5.88. The second kappa shape index (κ2) is 6.84. The van der Waals surface area contributed by atoms with E-state index >= 15 is 0 Å². The Balaban J connectivity index is 2.21. The number of rotatable bonds is 6. The summed E-state index contributed by atoms with van der Waals surface area (Å²) in [6.45, 7) is 13.6. The molecule has 0 bridgehead atoms. The zero-order chi connectivity index (χ0) is 15.5. The van der Waals surface area contributed by atoms with E-state index in [1.165, 1.54) is 5.56 Å². The lowest BCUT2D eigenvalue weighted by molar-refractivity contribution is 0.00900. The molecule has 0 aromatic carbocycles. The lowest BCUT2D eigenvalue weighted by atomic mass is 9.96. The van der Waals surface area contributed by atoms with E-state index in [1.54, 1.807) is 0 Å². The quantitative estimate of drug-likeness (QED) is 0.818. The topological polar surface area (TPSA) is 47.0 Å². The van der Waals surface area contributed by atoms with Gasteiger partial charge in [0.2, 0.25) is 0 Å². The molecule has 1 saturated heterocycles. The molecule has 4 nitrogen and oxygen atoms in total. The van der Waals surface area contributed by atoms with E-state index in [-0.39, 0.29) is 5.60 Å². The Labute approximate surface area is 128 Å². The summed E-state index contributed by atoms with van der Waals surface area (Å²) in [5.74, 6) is 1.29. The molecular formula is C17H29N3O. The number of aryl methyl sites for hydroxylation is 2. The fourth-order valence-electron chi connectivity index (χ4n) is 3.23. The van der Waals surface area contributed by atoms with Gasteiger partial charge in [-0.2, -0.15) is 0 Å². The number of hydrogen-bond acceptors (Lipinski definition) is 4. The first kappa shape index (κ1) is 16.4. The van der Waals surface area contributed by atoms with Crippen LogP contribution in [0.2, 0.25) is 0 Å². The minimum atomic E-state index is -0.294. The second-order valence-electron chi connectivity index (χ2n) is 6.42. The molecule has 0 spiro atoms. The Morgan fingerprint density at radius 3 is 2.48 bits per heavy atom. The molecule has 1 aromatic heterocycles. The van der Waals surface area contributed by atoms with E-state index in [0.29, 0.717) is 5.92 Å². The summed E-state index contributed by atoms with van der Waals surface area (Å²) in [7, 11) is 0. The van der Waals surface area contributed by atoms with Crippen LogP contribution < -0.4 is 5.32 Å². The predicted molar refractivity (Wildman–Crippen MR) is 85.6 cm³/mol. The summed E-state index contributed by atoms with van der Waals surface area (Å²) in [5.41, 5.74) is 3.18. The van der Waals surface area contributed by atoms with Gasteiger partial charge in [-0.15, -0.1) is 0 Å². The molecule has 2 unspecified atom stereocenters.